The number of nitrogens with one attached hydrogen (secondary N) is 1. The number of carbonyl (C=O) groups is 3. The topological polar surface area (TPSA) is 104 Å². The average molecular weight is 360 g/mol. The van der Waals surface area contributed by atoms with Crippen LogP contribution in [0.5, 0.6) is 0 Å². The van der Waals surface area contributed by atoms with Gasteiger partial charge in [0, 0.05) is 47.6 Å². The Balaban J connectivity index is 0. The van der Waals surface area contributed by atoms with Gasteiger partial charge in [0.1, 0.15) is 6.04 Å². The van der Waals surface area contributed by atoms with Crippen LogP contribution in [-0.4, -0.2) is 74.7 Å². The molecule has 123 valence electrons. The number of carboxylic acids is 2. The predicted octanol–water partition coefficient (Wildman–Crippen LogP) is 1.22. The zero-order chi connectivity index (χ0) is 16.3. The first-order valence-corrected chi connectivity index (χ1v) is 8.04. The fourth-order valence-electron chi connectivity index (χ4n) is 1.75. The van der Waals surface area contributed by atoms with E-state index in [-0.39, 0.29) is 60.0 Å². The van der Waals surface area contributed by atoms with Crippen molar-refractivity contribution in [2.75, 3.05) is 5.75 Å². The van der Waals surface area contributed by atoms with Crippen molar-refractivity contribution >= 4 is 72.7 Å². The molecule has 1 radical (unpaired) electrons. The molecule has 0 rings (SSSR count). The van der Waals surface area contributed by atoms with E-state index in [1.54, 1.807) is 0 Å². The second-order valence-electron chi connectivity index (χ2n) is 4.80. The summed E-state index contributed by atoms with van der Waals surface area (Å²) < 4.78 is 0. The van der Waals surface area contributed by atoms with Gasteiger partial charge in [0.25, 0.3) is 0 Å². The number of rotatable bonds is 12. The molecule has 3 N–H and O–H groups in total. The summed E-state index contributed by atoms with van der Waals surface area (Å²) in [5.41, 5.74) is 0. The maximum absolute atomic E-state index is 11.6. The van der Waals surface area contributed by atoms with Crippen molar-refractivity contribution in [2.45, 2.75) is 56.2 Å². The van der Waals surface area contributed by atoms with Crippen LogP contribution in [0.15, 0.2) is 0 Å². The second-order valence-corrected chi connectivity index (χ2v) is 5.98. The van der Waals surface area contributed by atoms with E-state index in [4.69, 9.17) is 10.2 Å². The van der Waals surface area contributed by atoms with Gasteiger partial charge in [-0.3, -0.25) is 9.59 Å². The summed E-state index contributed by atoms with van der Waals surface area (Å²) in [5, 5.41) is 20.1. The molecule has 1 unspecified atom stereocenters. The van der Waals surface area contributed by atoms with Crippen LogP contribution in [0.1, 0.15) is 44.9 Å². The minimum absolute atomic E-state index is 0. The molecule has 0 saturated heterocycles. The summed E-state index contributed by atoms with van der Waals surface area (Å²) in [7, 11) is 0. The van der Waals surface area contributed by atoms with Crippen molar-refractivity contribution in [3.8, 4) is 0 Å². The quantitative estimate of drug-likeness (QED) is 0.205. The Morgan fingerprint density at radius 1 is 1.00 bits per heavy atom. The molecule has 0 aliphatic rings. The predicted molar refractivity (Wildman–Crippen MR) is 91.9 cm³/mol. The maximum Gasteiger partial charge on any atom is 0.326 e. The van der Waals surface area contributed by atoms with Crippen LogP contribution in [-0.2, 0) is 14.4 Å². The van der Waals surface area contributed by atoms with Crippen LogP contribution < -0.4 is 5.32 Å². The number of carbonyl (C=O) groups excluding carboxylic acids is 1. The molecule has 1 amide bonds. The van der Waals surface area contributed by atoms with Crippen molar-refractivity contribution in [1.82, 2.24) is 5.32 Å². The summed E-state index contributed by atoms with van der Waals surface area (Å²) in [6, 6.07) is -1.14. The molecule has 0 fully saturated rings. The molecule has 22 heavy (non-hydrogen) atoms. The number of unbranched alkanes of at least 4 members (excludes halogenated alkanes) is 1. The van der Waals surface area contributed by atoms with Gasteiger partial charge >= 0.3 is 11.9 Å². The number of thiol groups is 2. The first-order valence-electron chi connectivity index (χ1n) is 6.89. The van der Waals surface area contributed by atoms with Gasteiger partial charge in [0.2, 0.25) is 5.91 Å². The van der Waals surface area contributed by atoms with Gasteiger partial charge in [-0.15, -0.1) is 0 Å². The molecular weight excluding hydrogens is 337 g/mol. The summed E-state index contributed by atoms with van der Waals surface area (Å²) in [6.07, 6.45) is 3.12. The standard InChI is InChI=1S/C13H23NO5S2.Na/c15-11(4-2-1-3-9(21)7-8-20)14-10(13(18)19)5-6-12(16)17;/h9-10,20-21H,1-8H2,(H,14,15)(H,16,17)(H,18,19);/t9?,10-;/m0./s1. The van der Waals surface area contributed by atoms with Crippen LogP contribution in [0.25, 0.3) is 0 Å². The Kier molecular flexibility index (Phi) is 16.3. The van der Waals surface area contributed by atoms with E-state index in [2.05, 4.69) is 30.6 Å². The van der Waals surface area contributed by atoms with Crippen LogP contribution in [0.2, 0.25) is 0 Å². The summed E-state index contributed by atoms with van der Waals surface area (Å²) >= 11 is 8.50. The largest absolute Gasteiger partial charge is 0.481 e. The summed E-state index contributed by atoms with van der Waals surface area (Å²) in [4.78, 5) is 33.0. The van der Waals surface area contributed by atoms with E-state index in [1.807, 2.05) is 0 Å². The molecule has 0 aromatic heterocycles. The summed E-state index contributed by atoms with van der Waals surface area (Å²) in [6.45, 7) is 0. The van der Waals surface area contributed by atoms with Crippen molar-refractivity contribution in [3.63, 3.8) is 0 Å². The first kappa shape index (κ1) is 24.4. The zero-order valence-electron chi connectivity index (χ0n) is 12.8. The number of aliphatic carboxylic acids is 2. The van der Waals surface area contributed by atoms with E-state index in [1.165, 1.54) is 0 Å². The first-order chi connectivity index (χ1) is 9.86. The fraction of sp³-hybridized carbons (Fsp3) is 0.769. The molecule has 0 aromatic carbocycles. The molecule has 6 nitrogen and oxygen atoms in total. The number of carboxylic acid groups (broad SMARTS) is 2. The van der Waals surface area contributed by atoms with Crippen molar-refractivity contribution < 1.29 is 24.6 Å². The smallest absolute Gasteiger partial charge is 0.326 e. The van der Waals surface area contributed by atoms with Gasteiger partial charge < -0.3 is 15.5 Å². The van der Waals surface area contributed by atoms with Gasteiger partial charge in [0.15, 0.2) is 0 Å². The van der Waals surface area contributed by atoms with E-state index in [0.717, 1.165) is 25.0 Å². The van der Waals surface area contributed by atoms with Gasteiger partial charge in [-0.05, 0) is 31.4 Å². The normalized spacial score (nSPS) is 12.8. The van der Waals surface area contributed by atoms with E-state index in [9.17, 15) is 14.4 Å². The van der Waals surface area contributed by atoms with Gasteiger partial charge in [0.05, 0.1) is 0 Å². The minimum atomic E-state index is -1.21. The van der Waals surface area contributed by atoms with Crippen LogP contribution in [0, 0.1) is 0 Å². The minimum Gasteiger partial charge on any atom is -0.481 e. The van der Waals surface area contributed by atoms with Crippen molar-refractivity contribution in [3.05, 3.63) is 0 Å². The molecule has 0 saturated carbocycles. The molecule has 2 atom stereocenters. The molecule has 0 aliphatic carbocycles. The molecule has 0 bridgehead atoms. The zero-order valence-corrected chi connectivity index (χ0v) is 16.6. The van der Waals surface area contributed by atoms with Crippen LogP contribution in [0.3, 0.4) is 0 Å². The Morgan fingerprint density at radius 2 is 1.64 bits per heavy atom. The maximum atomic E-state index is 11.6. The molecule has 0 aromatic rings. The molecule has 9 heteroatoms. The Bertz CT molecular complexity index is 357. The Labute approximate surface area is 163 Å². The monoisotopic (exact) mass is 360 g/mol. The molecule has 0 heterocycles. The third-order valence-electron chi connectivity index (χ3n) is 2.93. The van der Waals surface area contributed by atoms with Gasteiger partial charge in [-0.1, -0.05) is 6.42 Å². The second kappa shape index (κ2) is 14.7. The van der Waals surface area contributed by atoms with Gasteiger partial charge in [-0.25, -0.2) is 4.79 Å². The Hall–Kier alpha value is 0.110. The van der Waals surface area contributed by atoms with E-state index in [0.29, 0.717) is 6.42 Å². The average Bonchev–Trinajstić information content (AvgIpc) is 2.39. The Morgan fingerprint density at radius 3 is 2.14 bits per heavy atom. The van der Waals surface area contributed by atoms with Crippen LogP contribution in [0.4, 0.5) is 0 Å². The molecule has 0 spiro atoms. The number of amides is 1. The fourth-order valence-corrected chi connectivity index (χ4v) is 2.58. The number of hydrogen-bond donors (Lipinski definition) is 5. The van der Waals surface area contributed by atoms with E-state index < -0.39 is 18.0 Å². The van der Waals surface area contributed by atoms with Crippen molar-refractivity contribution in [1.29, 1.82) is 0 Å². The number of hydrogen-bond acceptors (Lipinski definition) is 5. The third-order valence-corrected chi connectivity index (χ3v) is 3.71. The van der Waals surface area contributed by atoms with E-state index >= 15 is 0 Å². The molecular formula is C13H23NNaO5S2. The SMILES string of the molecule is O=C(O)CC[C@H](NC(=O)CCCCC(S)CCS)C(=O)O.[Na]. The third kappa shape index (κ3) is 13.8. The van der Waals surface area contributed by atoms with Gasteiger partial charge in [-0.2, -0.15) is 25.3 Å². The van der Waals surface area contributed by atoms with Crippen molar-refractivity contribution in [2.24, 2.45) is 0 Å². The van der Waals surface area contributed by atoms with Crippen LogP contribution >= 0.6 is 25.3 Å². The summed E-state index contributed by atoms with van der Waals surface area (Å²) in [5.74, 6) is -1.88. The molecule has 0 aliphatic heterocycles.